The second-order valence-corrected chi connectivity index (χ2v) is 4.30. The van der Waals surface area contributed by atoms with Gasteiger partial charge < -0.3 is 15.4 Å². The average molecular weight is 234 g/mol. The van der Waals surface area contributed by atoms with E-state index in [-0.39, 0.29) is 5.91 Å². The zero-order valence-corrected chi connectivity index (χ0v) is 10.0. The molecule has 1 aliphatic rings. The number of nitrogens with one attached hydrogen (secondary N) is 2. The highest BCUT2D eigenvalue weighted by Gasteiger charge is 2.15. The van der Waals surface area contributed by atoms with Gasteiger partial charge >= 0.3 is 0 Å². The van der Waals surface area contributed by atoms with E-state index >= 15 is 0 Å². The number of carbonyl (C=O) groups is 1. The van der Waals surface area contributed by atoms with Crippen LogP contribution >= 0.6 is 0 Å². The Morgan fingerprint density at radius 3 is 3.00 bits per heavy atom. The van der Waals surface area contributed by atoms with E-state index in [4.69, 9.17) is 4.74 Å². The van der Waals surface area contributed by atoms with Crippen LogP contribution < -0.4 is 10.6 Å². The number of hydrogen-bond acceptors (Lipinski definition) is 3. The van der Waals surface area contributed by atoms with Crippen molar-refractivity contribution in [2.24, 2.45) is 0 Å². The van der Waals surface area contributed by atoms with Gasteiger partial charge in [-0.05, 0) is 25.0 Å². The number of para-hydroxylation sites is 1. The third-order valence-electron chi connectivity index (χ3n) is 2.90. The number of hydrogen-bond donors (Lipinski definition) is 2. The summed E-state index contributed by atoms with van der Waals surface area (Å²) in [6.45, 7) is 3.81. The van der Waals surface area contributed by atoms with E-state index in [0.717, 1.165) is 24.3 Å². The van der Waals surface area contributed by atoms with Crippen molar-refractivity contribution < 1.29 is 9.53 Å². The van der Waals surface area contributed by atoms with Crippen LogP contribution in [0, 0.1) is 6.92 Å². The summed E-state index contributed by atoms with van der Waals surface area (Å²) in [4.78, 5) is 11.7. The van der Waals surface area contributed by atoms with Crippen LogP contribution in [-0.2, 0) is 9.53 Å². The van der Waals surface area contributed by atoms with Gasteiger partial charge in [-0.25, -0.2) is 0 Å². The quantitative estimate of drug-likeness (QED) is 0.826. The summed E-state index contributed by atoms with van der Waals surface area (Å²) in [7, 11) is 0. The van der Waals surface area contributed by atoms with E-state index in [2.05, 4.69) is 10.6 Å². The first kappa shape index (κ1) is 12.1. The standard InChI is InChI=1S/C13H18N2O2/c1-10-4-2-3-5-12(10)15-13(16)8-14-11-6-7-17-9-11/h2-5,11,14H,6-9H2,1H3,(H,15,16). The molecule has 1 unspecified atom stereocenters. The van der Waals surface area contributed by atoms with Gasteiger partial charge in [0.25, 0.3) is 0 Å². The molecule has 1 atom stereocenters. The fourth-order valence-electron chi connectivity index (χ4n) is 1.84. The van der Waals surface area contributed by atoms with Gasteiger partial charge in [-0.15, -0.1) is 0 Å². The maximum atomic E-state index is 11.7. The van der Waals surface area contributed by atoms with E-state index in [1.54, 1.807) is 0 Å². The molecule has 92 valence electrons. The van der Waals surface area contributed by atoms with Crippen molar-refractivity contribution >= 4 is 11.6 Å². The zero-order valence-electron chi connectivity index (χ0n) is 10.0. The molecule has 1 heterocycles. The first-order valence-corrected chi connectivity index (χ1v) is 5.92. The van der Waals surface area contributed by atoms with Gasteiger partial charge in [0.05, 0.1) is 13.2 Å². The van der Waals surface area contributed by atoms with Crippen LogP contribution in [0.1, 0.15) is 12.0 Å². The highest BCUT2D eigenvalue weighted by atomic mass is 16.5. The molecule has 1 aromatic rings. The van der Waals surface area contributed by atoms with Gasteiger partial charge in [0.1, 0.15) is 0 Å². The Morgan fingerprint density at radius 2 is 2.29 bits per heavy atom. The van der Waals surface area contributed by atoms with Crippen LogP contribution in [0.2, 0.25) is 0 Å². The van der Waals surface area contributed by atoms with Gasteiger partial charge in [0, 0.05) is 18.3 Å². The number of amides is 1. The Kier molecular flexibility index (Phi) is 4.12. The Balaban J connectivity index is 1.79. The van der Waals surface area contributed by atoms with Crippen molar-refractivity contribution in [3.63, 3.8) is 0 Å². The molecule has 1 fully saturated rings. The summed E-state index contributed by atoms with van der Waals surface area (Å²) < 4.78 is 5.23. The highest BCUT2D eigenvalue weighted by Crippen LogP contribution is 2.12. The van der Waals surface area contributed by atoms with Crippen molar-refractivity contribution in [2.75, 3.05) is 25.1 Å². The SMILES string of the molecule is Cc1ccccc1NC(=O)CNC1CCOC1. The number of anilines is 1. The van der Waals surface area contributed by atoms with Crippen LogP contribution in [-0.4, -0.2) is 31.7 Å². The molecule has 0 spiro atoms. The molecule has 17 heavy (non-hydrogen) atoms. The maximum Gasteiger partial charge on any atom is 0.238 e. The van der Waals surface area contributed by atoms with Crippen molar-refractivity contribution in [1.82, 2.24) is 5.32 Å². The third-order valence-corrected chi connectivity index (χ3v) is 2.90. The zero-order chi connectivity index (χ0) is 12.1. The molecule has 0 aromatic heterocycles. The summed E-state index contributed by atoms with van der Waals surface area (Å²) in [5, 5.41) is 6.08. The van der Waals surface area contributed by atoms with E-state index in [9.17, 15) is 4.79 Å². The fraction of sp³-hybridized carbons (Fsp3) is 0.462. The molecule has 1 saturated heterocycles. The molecular weight excluding hydrogens is 216 g/mol. The number of rotatable bonds is 4. The van der Waals surface area contributed by atoms with Crippen molar-refractivity contribution in [1.29, 1.82) is 0 Å². The second-order valence-electron chi connectivity index (χ2n) is 4.30. The molecule has 0 radical (unpaired) electrons. The molecule has 4 nitrogen and oxygen atoms in total. The molecule has 2 N–H and O–H groups in total. The number of benzene rings is 1. The van der Waals surface area contributed by atoms with Gasteiger partial charge in [0.15, 0.2) is 0 Å². The first-order valence-electron chi connectivity index (χ1n) is 5.92. The largest absolute Gasteiger partial charge is 0.380 e. The maximum absolute atomic E-state index is 11.7. The topological polar surface area (TPSA) is 50.4 Å². The number of aryl methyl sites for hydroxylation is 1. The predicted octanol–water partition coefficient (Wildman–Crippen LogP) is 1.31. The monoisotopic (exact) mass is 234 g/mol. The lowest BCUT2D eigenvalue weighted by atomic mass is 10.2. The highest BCUT2D eigenvalue weighted by molar-refractivity contribution is 5.92. The Bertz CT molecular complexity index is 387. The summed E-state index contributed by atoms with van der Waals surface area (Å²) in [6, 6.07) is 8.08. The van der Waals surface area contributed by atoms with E-state index in [1.807, 2.05) is 31.2 Å². The number of ether oxygens (including phenoxy) is 1. The smallest absolute Gasteiger partial charge is 0.238 e. The van der Waals surface area contributed by atoms with E-state index in [1.165, 1.54) is 0 Å². The van der Waals surface area contributed by atoms with Crippen LogP contribution in [0.15, 0.2) is 24.3 Å². The molecule has 0 bridgehead atoms. The third kappa shape index (κ3) is 3.54. The summed E-state index contributed by atoms with van der Waals surface area (Å²) in [6.07, 6.45) is 0.984. The Labute approximate surface area is 101 Å². The van der Waals surface area contributed by atoms with Gasteiger partial charge in [0.2, 0.25) is 5.91 Å². The Hall–Kier alpha value is -1.39. The number of carbonyl (C=O) groups excluding carboxylic acids is 1. The molecule has 1 aromatic carbocycles. The predicted molar refractivity (Wildman–Crippen MR) is 67.0 cm³/mol. The minimum absolute atomic E-state index is 0.00815. The average Bonchev–Trinajstić information content (AvgIpc) is 2.82. The van der Waals surface area contributed by atoms with Crippen molar-refractivity contribution in [2.45, 2.75) is 19.4 Å². The summed E-state index contributed by atoms with van der Waals surface area (Å²) >= 11 is 0. The minimum Gasteiger partial charge on any atom is -0.380 e. The van der Waals surface area contributed by atoms with Gasteiger partial charge in [-0.1, -0.05) is 18.2 Å². The van der Waals surface area contributed by atoms with E-state index < -0.39 is 0 Å². The van der Waals surface area contributed by atoms with Crippen LogP contribution in [0.3, 0.4) is 0 Å². The van der Waals surface area contributed by atoms with E-state index in [0.29, 0.717) is 19.2 Å². The lowest BCUT2D eigenvalue weighted by molar-refractivity contribution is -0.115. The lowest BCUT2D eigenvalue weighted by Crippen LogP contribution is -2.36. The molecule has 2 rings (SSSR count). The molecule has 1 amide bonds. The molecule has 4 heteroatoms. The van der Waals surface area contributed by atoms with Gasteiger partial charge in [-0.3, -0.25) is 4.79 Å². The minimum atomic E-state index is -0.00815. The second kappa shape index (κ2) is 5.80. The van der Waals surface area contributed by atoms with Crippen molar-refractivity contribution in [3.8, 4) is 0 Å². The molecule has 0 aliphatic carbocycles. The molecule has 0 saturated carbocycles. The first-order chi connectivity index (χ1) is 8.25. The van der Waals surface area contributed by atoms with Crippen LogP contribution in [0.5, 0.6) is 0 Å². The molecular formula is C13H18N2O2. The van der Waals surface area contributed by atoms with Crippen LogP contribution in [0.4, 0.5) is 5.69 Å². The summed E-state index contributed by atoms with van der Waals surface area (Å²) in [5.41, 5.74) is 1.95. The van der Waals surface area contributed by atoms with Crippen LogP contribution in [0.25, 0.3) is 0 Å². The van der Waals surface area contributed by atoms with Crippen molar-refractivity contribution in [3.05, 3.63) is 29.8 Å². The summed E-state index contributed by atoms with van der Waals surface area (Å²) in [5.74, 6) is -0.00815. The Morgan fingerprint density at radius 1 is 1.47 bits per heavy atom. The molecule has 1 aliphatic heterocycles. The lowest BCUT2D eigenvalue weighted by Gasteiger charge is -2.11. The van der Waals surface area contributed by atoms with Gasteiger partial charge in [-0.2, -0.15) is 0 Å². The normalized spacial score (nSPS) is 19.2. The fourth-order valence-corrected chi connectivity index (χ4v) is 1.84.